The van der Waals surface area contributed by atoms with Gasteiger partial charge in [-0.1, -0.05) is 11.8 Å². The molecule has 0 atom stereocenters. The third-order valence-corrected chi connectivity index (χ3v) is 7.78. The summed E-state index contributed by atoms with van der Waals surface area (Å²) in [4.78, 5) is 33.6. The zero-order valence-electron chi connectivity index (χ0n) is 25.5. The molecule has 2 aromatic carbocycles. The maximum Gasteiger partial charge on any atom is 0.514 e. The van der Waals surface area contributed by atoms with Gasteiger partial charge in [0.1, 0.15) is 5.82 Å². The van der Waals surface area contributed by atoms with Crippen molar-refractivity contribution in [1.29, 1.82) is 0 Å². The number of rotatable bonds is 7. The minimum absolute atomic E-state index is 0.0615. The Morgan fingerprint density at radius 1 is 1.04 bits per heavy atom. The van der Waals surface area contributed by atoms with E-state index in [4.69, 9.17) is 36.1 Å². The molecule has 1 fully saturated rings. The van der Waals surface area contributed by atoms with Gasteiger partial charge in [0, 0.05) is 41.2 Å². The normalized spacial score (nSPS) is 16.0. The predicted molar refractivity (Wildman–Crippen MR) is 171 cm³/mol. The van der Waals surface area contributed by atoms with Gasteiger partial charge in [-0.05, 0) is 68.5 Å². The second kappa shape index (κ2) is 13.6. The average molecular weight is 613 g/mol. The van der Waals surface area contributed by atoms with Gasteiger partial charge in [0.05, 0.1) is 38.1 Å². The number of carbonyl (C=O) groups is 1. The van der Waals surface area contributed by atoms with Crippen LogP contribution in [0, 0.1) is 11.8 Å². The smallest absolute Gasteiger partial charge is 0.493 e. The van der Waals surface area contributed by atoms with E-state index in [2.05, 4.69) is 21.8 Å². The van der Waals surface area contributed by atoms with E-state index in [1.165, 1.54) is 0 Å². The van der Waals surface area contributed by atoms with Gasteiger partial charge in [0.25, 0.3) is 0 Å². The number of pyridine rings is 1. The number of fused-ring (bicyclic) bond motifs is 1. The Balaban J connectivity index is 1.57. The molecule has 0 unspecified atom stereocenters. The highest BCUT2D eigenvalue weighted by atomic mass is 16.7. The summed E-state index contributed by atoms with van der Waals surface area (Å²) >= 11 is 0. The summed E-state index contributed by atoms with van der Waals surface area (Å²) in [6.45, 7) is 1.80. The number of anilines is 2. The fourth-order valence-corrected chi connectivity index (χ4v) is 5.54. The number of aromatic nitrogens is 3. The maximum absolute atomic E-state index is 13.4. The second-order valence-electron chi connectivity index (χ2n) is 10.8. The van der Waals surface area contributed by atoms with Gasteiger partial charge in [-0.25, -0.2) is 9.78 Å². The minimum atomic E-state index is -0.924. The predicted octanol–water partition coefficient (Wildman–Crippen LogP) is 3.94. The van der Waals surface area contributed by atoms with Crippen molar-refractivity contribution in [2.75, 3.05) is 32.3 Å². The zero-order chi connectivity index (χ0) is 32.1. The average Bonchev–Trinajstić information content (AvgIpc) is 3.03. The zero-order valence-corrected chi connectivity index (χ0v) is 25.5. The number of methoxy groups -OCH3 is 2. The number of nitrogens with two attached hydrogens (primary N) is 3. The van der Waals surface area contributed by atoms with Crippen molar-refractivity contribution in [2.24, 2.45) is 5.73 Å². The van der Waals surface area contributed by atoms with E-state index < -0.39 is 11.6 Å². The van der Waals surface area contributed by atoms with E-state index in [-0.39, 0.29) is 30.4 Å². The first kappa shape index (κ1) is 31.2. The second-order valence-corrected chi connectivity index (χ2v) is 10.8. The van der Waals surface area contributed by atoms with Crippen LogP contribution in [0.25, 0.3) is 10.9 Å². The van der Waals surface area contributed by atoms with E-state index in [1.54, 1.807) is 45.7 Å². The van der Waals surface area contributed by atoms with Crippen molar-refractivity contribution in [1.82, 2.24) is 14.5 Å². The van der Waals surface area contributed by atoms with Crippen molar-refractivity contribution in [2.45, 2.75) is 51.1 Å². The van der Waals surface area contributed by atoms with Gasteiger partial charge in [-0.15, -0.1) is 0 Å². The van der Waals surface area contributed by atoms with E-state index >= 15 is 0 Å². The fourth-order valence-electron chi connectivity index (χ4n) is 5.54. The first-order valence-corrected chi connectivity index (χ1v) is 14.6. The molecule has 4 aromatic rings. The Morgan fingerprint density at radius 3 is 2.51 bits per heavy atom. The number of hydrogen-bond acceptors (Lipinski definition) is 11. The molecule has 1 aliphatic rings. The van der Waals surface area contributed by atoms with Crippen molar-refractivity contribution < 1.29 is 23.7 Å². The van der Waals surface area contributed by atoms with E-state index in [0.717, 1.165) is 31.2 Å². The third kappa shape index (κ3) is 6.94. The van der Waals surface area contributed by atoms with E-state index in [9.17, 15) is 9.59 Å². The van der Waals surface area contributed by atoms with Crippen LogP contribution in [0.2, 0.25) is 0 Å². The lowest BCUT2D eigenvalue weighted by Gasteiger charge is -2.29. The first-order chi connectivity index (χ1) is 21.7. The molecule has 0 radical (unpaired) electrons. The number of benzene rings is 2. The highest BCUT2D eigenvalue weighted by molar-refractivity contribution is 5.83. The number of ether oxygens (including phenoxy) is 4. The highest BCUT2D eigenvalue weighted by Gasteiger charge is 2.23. The molecule has 12 nitrogen and oxygen atoms in total. The summed E-state index contributed by atoms with van der Waals surface area (Å²) in [7, 11) is 3.11. The molecule has 0 spiro atoms. The standard InChI is InChI=1S/C33H36N6O6/c1-4-44-33(41)45-28-18-39(24-10-8-23(34)9-11-24)26-15-19(6-12-25(26)29(28)40)5-7-21-13-20(16-27(42-2)30(21)43-3)14-22-17-37-32(36)38-31(22)35/h6,12-13,15-18,23-24H,4,8-11,14,34H2,1-3H3,(H4,35,36,37,38). The molecule has 1 aliphatic carbocycles. The molecule has 0 bridgehead atoms. The van der Waals surface area contributed by atoms with Crippen LogP contribution in [0.15, 0.2) is 47.5 Å². The Hall–Kier alpha value is -5.28. The molecule has 45 heavy (non-hydrogen) atoms. The summed E-state index contributed by atoms with van der Waals surface area (Å²) in [5, 5.41) is 0.404. The number of hydrogen-bond donors (Lipinski definition) is 3. The molecule has 0 amide bonds. The molecule has 234 valence electrons. The lowest BCUT2D eigenvalue weighted by Crippen LogP contribution is -2.28. The van der Waals surface area contributed by atoms with Crippen LogP contribution in [0.5, 0.6) is 17.2 Å². The van der Waals surface area contributed by atoms with Gasteiger partial charge in [0.15, 0.2) is 17.2 Å². The molecular weight excluding hydrogens is 576 g/mol. The SMILES string of the molecule is CCOC(=O)Oc1cn(C2CCC(N)CC2)c2cc(C#Cc3cc(Cc4cnc(N)nc4N)cc(OC)c3OC)ccc2c1=O. The van der Waals surface area contributed by atoms with Crippen LogP contribution in [-0.4, -0.2) is 47.6 Å². The van der Waals surface area contributed by atoms with Gasteiger partial charge in [-0.3, -0.25) is 4.79 Å². The van der Waals surface area contributed by atoms with Crippen molar-refractivity contribution in [3.8, 4) is 29.1 Å². The largest absolute Gasteiger partial charge is 0.514 e. The Bertz CT molecular complexity index is 1850. The van der Waals surface area contributed by atoms with Crippen LogP contribution in [0.1, 0.15) is 60.9 Å². The van der Waals surface area contributed by atoms with Crippen LogP contribution in [-0.2, 0) is 11.2 Å². The van der Waals surface area contributed by atoms with Gasteiger partial charge >= 0.3 is 6.16 Å². The topological polar surface area (TPSA) is 180 Å². The number of nitrogens with zero attached hydrogens (tertiary/aromatic N) is 3. The molecule has 2 heterocycles. The Labute approximate surface area is 260 Å². The molecule has 12 heteroatoms. The Kier molecular flexibility index (Phi) is 9.39. The molecule has 0 saturated heterocycles. The van der Waals surface area contributed by atoms with Crippen LogP contribution in [0.4, 0.5) is 16.6 Å². The van der Waals surface area contributed by atoms with Crippen molar-refractivity contribution in [3.05, 3.63) is 75.2 Å². The monoisotopic (exact) mass is 612 g/mol. The molecule has 5 rings (SSSR count). The lowest BCUT2D eigenvalue weighted by molar-refractivity contribution is 0.103. The van der Waals surface area contributed by atoms with Gasteiger partial charge in [-0.2, -0.15) is 4.98 Å². The summed E-state index contributed by atoms with van der Waals surface area (Å²) < 4.78 is 23.5. The first-order valence-electron chi connectivity index (χ1n) is 14.6. The third-order valence-electron chi connectivity index (χ3n) is 7.78. The lowest BCUT2D eigenvalue weighted by atomic mass is 9.91. The minimum Gasteiger partial charge on any atom is -0.493 e. The van der Waals surface area contributed by atoms with Gasteiger partial charge < -0.3 is 40.7 Å². The molecule has 6 N–H and O–H groups in total. The van der Waals surface area contributed by atoms with Crippen LogP contribution < -0.4 is 36.8 Å². The maximum atomic E-state index is 13.4. The molecule has 2 aromatic heterocycles. The van der Waals surface area contributed by atoms with E-state index in [0.29, 0.717) is 51.3 Å². The summed E-state index contributed by atoms with van der Waals surface area (Å²) in [6, 6.07) is 9.26. The molecular formula is C33H36N6O6. The Morgan fingerprint density at radius 2 is 1.82 bits per heavy atom. The number of nitrogen functional groups attached to an aromatic ring is 2. The summed E-state index contributed by atoms with van der Waals surface area (Å²) in [5.41, 5.74) is 21.0. The van der Waals surface area contributed by atoms with Crippen LogP contribution >= 0.6 is 0 Å². The fraction of sp³-hybridized carbons (Fsp3) is 0.333. The molecule has 1 saturated carbocycles. The van der Waals surface area contributed by atoms with Crippen LogP contribution in [0.3, 0.4) is 0 Å². The number of carbonyl (C=O) groups excluding carboxylic acids is 1. The van der Waals surface area contributed by atoms with Crippen molar-refractivity contribution >= 4 is 28.8 Å². The molecule has 0 aliphatic heterocycles. The van der Waals surface area contributed by atoms with E-state index in [1.807, 2.05) is 22.8 Å². The highest BCUT2D eigenvalue weighted by Crippen LogP contribution is 2.34. The summed E-state index contributed by atoms with van der Waals surface area (Å²) in [6.07, 6.45) is 6.01. The van der Waals surface area contributed by atoms with Crippen molar-refractivity contribution in [3.63, 3.8) is 0 Å². The quantitative estimate of drug-likeness (QED) is 0.203. The summed E-state index contributed by atoms with van der Waals surface area (Å²) in [5.74, 6) is 7.72. The van der Waals surface area contributed by atoms with Gasteiger partial charge in [0.2, 0.25) is 11.4 Å².